The third-order valence-corrected chi connectivity index (χ3v) is 6.34. The van der Waals surface area contributed by atoms with E-state index in [9.17, 15) is 15.3 Å². The van der Waals surface area contributed by atoms with E-state index in [4.69, 9.17) is 14.2 Å². The Labute approximate surface area is 180 Å². The Kier molecular flexibility index (Phi) is 4.67. The van der Waals surface area contributed by atoms with Crippen LogP contribution in [0, 0.1) is 0 Å². The van der Waals surface area contributed by atoms with Gasteiger partial charge in [0.25, 0.3) is 0 Å². The lowest BCUT2D eigenvalue weighted by atomic mass is 9.78. The average Bonchev–Trinajstić information content (AvgIpc) is 3.16. The third kappa shape index (κ3) is 2.98. The van der Waals surface area contributed by atoms with Crippen LogP contribution in [0.4, 0.5) is 0 Å². The van der Waals surface area contributed by atoms with Crippen LogP contribution in [0.3, 0.4) is 0 Å². The van der Waals surface area contributed by atoms with Crippen molar-refractivity contribution < 1.29 is 29.5 Å². The van der Waals surface area contributed by atoms with Crippen molar-refractivity contribution in [2.45, 2.75) is 24.9 Å². The number of phenolic OH excluding ortho intramolecular Hbond substituents is 2. The zero-order valence-corrected chi connectivity index (χ0v) is 17.4. The highest BCUT2D eigenvalue weighted by atomic mass is 16.5. The lowest BCUT2D eigenvalue weighted by molar-refractivity contribution is 0.159. The van der Waals surface area contributed by atoms with Crippen molar-refractivity contribution >= 4 is 0 Å². The molecule has 0 radical (unpaired) electrons. The van der Waals surface area contributed by atoms with Crippen LogP contribution in [0.25, 0.3) is 11.1 Å². The Morgan fingerprint density at radius 3 is 2.52 bits per heavy atom. The second kappa shape index (κ2) is 7.39. The van der Waals surface area contributed by atoms with E-state index >= 15 is 0 Å². The molecule has 2 atom stereocenters. The van der Waals surface area contributed by atoms with Crippen LogP contribution >= 0.6 is 0 Å². The van der Waals surface area contributed by atoms with E-state index in [0.717, 1.165) is 46.2 Å². The van der Waals surface area contributed by atoms with Gasteiger partial charge in [0.2, 0.25) is 0 Å². The summed E-state index contributed by atoms with van der Waals surface area (Å²) in [6.07, 6.45) is 1.13. The summed E-state index contributed by atoms with van der Waals surface area (Å²) in [4.78, 5) is 0. The summed E-state index contributed by atoms with van der Waals surface area (Å²) in [5.41, 5.74) is 6.02. The normalized spacial score (nSPS) is 18.5. The fourth-order valence-electron chi connectivity index (χ4n) is 4.94. The van der Waals surface area contributed by atoms with Gasteiger partial charge in [0.05, 0.1) is 26.7 Å². The molecule has 0 bridgehead atoms. The molecule has 1 heterocycles. The van der Waals surface area contributed by atoms with Crippen LogP contribution in [0.5, 0.6) is 28.7 Å². The second-order valence-corrected chi connectivity index (χ2v) is 7.94. The maximum atomic E-state index is 10.4. The molecular formula is C25H24O6. The van der Waals surface area contributed by atoms with Crippen molar-refractivity contribution in [3.05, 3.63) is 64.7 Å². The fourth-order valence-corrected chi connectivity index (χ4v) is 4.94. The number of hydrogen-bond acceptors (Lipinski definition) is 6. The van der Waals surface area contributed by atoms with Crippen LogP contribution in [-0.2, 0) is 12.8 Å². The summed E-state index contributed by atoms with van der Waals surface area (Å²) < 4.78 is 17.3. The number of phenols is 2. The largest absolute Gasteiger partial charge is 0.508 e. The summed E-state index contributed by atoms with van der Waals surface area (Å²) in [5.74, 6) is 1.82. The molecule has 0 amide bonds. The molecule has 0 fully saturated rings. The van der Waals surface area contributed by atoms with Crippen molar-refractivity contribution in [1.82, 2.24) is 0 Å². The molecule has 3 aromatic rings. The smallest absolute Gasteiger partial charge is 0.160 e. The van der Waals surface area contributed by atoms with E-state index in [1.54, 1.807) is 37.4 Å². The minimum Gasteiger partial charge on any atom is -0.508 e. The molecule has 0 saturated carbocycles. The summed E-state index contributed by atoms with van der Waals surface area (Å²) in [6, 6.07) is 12.4. The first-order valence-corrected chi connectivity index (χ1v) is 10.3. The van der Waals surface area contributed by atoms with Gasteiger partial charge in [-0.3, -0.25) is 0 Å². The first-order chi connectivity index (χ1) is 15.0. The molecule has 0 saturated heterocycles. The van der Waals surface area contributed by atoms with E-state index in [-0.39, 0.29) is 24.0 Å². The first-order valence-electron chi connectivity index (χ1n) is 10.3. The van der Waals surface area contributed by atoms with Gasteiger partial charge in [-0.15, -0.1) is 0 Å². The number of hydrogen-bond donors (Lipinski definition) is 3. The summed E-state index contributed by atoms with van der Waals surface area (Å²) in [6.45, 7) is -0.0813. The van der Waals surface area contributed by atoms with Crippen LogP contribution in [-0.4, -0.2) is 36.1 Å². The highest BCUT2D eigenvalue weighted by Crippen LogP contribution is 2.54. The minimum atomic E-state index is -0.410. The van der Waals surface area contributed by atoms with Gasteiger partial charge in [0.1, 0.15) is 23.4 Å². The number of aliphatic hydroxyl groups excluding tert-OH is 1. The van der Waals surface area contributed by atoms with Gasteiger partial charge >= 0.3 is 0 Å². The summed E-state index contributed by atoms with van der Waals surface area (Å²) in [5, 5.41) is 30.2. The highest BCUT2D eigenvalue weighted by molar-refractivity contribution is 5.82. The molecule has 3 N–H and O–H groups in total. The molecule has 6 nitrogen and oxygen atoms in total. The van der Waals surface area contributed by atoms with E-state index in [1.807, 2.05) is 12.1 Å². The molecule has 3 aromatic carbocycles. The zero-order valence-electron chi connectivity index (χ0n) is 17.4. The van der Waals surface area contributed by atoms with Crippen molar-refractivity contribution in [2.75, 3.05) is 20.8 Å². The number of fused-ring (bicyclic) bond motifs is 5. The lowest BCUT2D eigenvalue weighted by Crippen LogP contribution is -2.15. The quantitative estimate of drug-likeness (QED) is 0.589. The Balaban J connectivity index is 1.67. The number of benzene rings is 3. The number of rotatable bonds is 4. The van der Waals surface area contributed by atoms with Gasteiger partial charge in [0.15, 0.2) is 11.5 Å². The van der Waals surface area contributed by atoms with Gasteiger partial charge in [-0.1, -0.05) is 12.1 Å². The van der Waals surface area contributed by atoms with Gasteiger partial charge in [-0.25, -0.2) is 0 Å². The fraction of sp³-hybridized carbons (Fsp3) is 0.280. The Bertz CT molecular complexity index is 1170. The molecule has 5 rings (SSSR count). The summed E-state index contributed by atoms with van der Waals surface area (Å²) >= 11 is 0. The maximum Gasteiger partial charge on any atom is 0.160 e. The van der Waals surface area contributed by atoms with Crippen molar-refractivity contribution in [2.24, 2.45) is 0 Å². The van der Waals surface area contributed by atoms with Gasteiger partial charge in [-0.2, -0.15) is 0 Å². The van der Waals surface area contributed by atoms with Crippen molar-refractivity contribution in [1.29, 1.82) is 0 Å². The van der Waals surface area contributed by atoms with Gasteiger partial charge < -0.3 is 29.5 Å². The summed E-state index contributed by atoms with van der Waals surface area (Å²) in [7, 11) is 3.14. The third-order valence-electron chi connectivity index (χ3n) is 6.34. The number of aliphatic hydroxyl groups is 1. The molecule has 0 unspecified atom stereocenters. The van der Waals surface area contributed by atoms with Gasteiger partial charge in [0, 0.05) is 17.2 Å². The number of aromatic hydroxyl groups is 2. The van der Waals surface area contributed by atoms with Crippen LogP contribution in [0.2, 0.25) is 0 Å². The number of aryl methyl sites for hydroxylation is 1. The minimum absolute atomic E-state index is 0.0567. The maximum absolute atomic E-state index is 10.4. The topological polar surface area (TPSA) is 88.4 Å². The van der Waals surface area contributed by atoms with Crippen LogP contribution in [0.1, 0.15) is 34.3 Å². The average molecular weight is 420 g/mol. The van der Waals surface area contributed by atoms with E-state index < -0.39 is 6.10 Å². The van der Waals surface area contributed by atoms with E-state index in [0.29, 0.717) is 17.2 Å². The predicted molar refractivity (Wildman–Crippen MR) is 115 cm³/mol. The first kappa shape index (κ1) is 19.6. The highest BCUT2D eigenvalue weighted by Gasteiger charge is 2.40. The Hall–Kier alpha value is -3.38. The Morgan fingerprint density at radius 1 is 0.968 bits per heavy atom. The lowest BCUT2D eigenvalue weighted by Gasteiger charge is -2.26. The van der Waals surface area contributed by atoms with E-state index in [2.05, 4.69) is 0 Å². The predicted octanol–water partition coefficient (Wildman–Crippen LogP) is 4.09. The van der Waals surface area contributed by atoms with Gasteiger partial charge in [-0.05, 0) is 59.4 Å². The van der Waals surface area contributed by atoms with Crippen molar-refractivity contribution in [3.8, 4) is 39.9 Å². The molecule has 0 spiro atoms. The van der Waals surface area contributed by atoms with E-state index in [1.165, 1.54) is 7.11 Å². The second-order valence-electron chi connectivity index (χ2n) is 7.94. The molecule has 0 aromatic heterocycles. The van der Waals surface area contributed by atoms with Crippen molar-refractivity contribution in [3.63, 3.8) is 0 Å². The SMILES string of the molecule is COc1cc([C@@H]2Oc3cc(OC)c4c(c3[C@H]2CO)CCc2cc(O)ccc2-4)ccc1O. The number of methoxy groups -OCH3 is 2. The molecule has 160 valence electrons. The van der Waals surface area contributed by atoms with Crippen LogP contribution in [0.15, 0.2) is 42.5 Å². The molecule has 6 heteroatoms. The molecule has 1 aliphatic carbocycles. The molecular weight excluding hydrogens is 396 g/mol. The molecule has 31 heavy (non-hydrogen) atoms. The standard InChI is InChI=1S/C25H24O6/c1-29-20-10-14(4-8-19(20)28)25-18(12-26)24-17-6-3-13-9-15(27)5-7-16(13)23(17)21(30-2)11-22(24)31-25/h4-5,7-11,18,25-28H,3,6,12H2,1-2H3/t18-,25+/m1/s1. The zero-order chi connectivity index (χ0) is 21.7. The van der Waals surface area contributed by atoms with Crippen LogP contribution < -0.4 is 14.2 Å². The molecule has 1 aliphatic heterocycles. The Morgan fingerprint density at radius 2 is 1.77 bits per heavy atom. The monoisotopic (exact) mass is 420 g/mol. The number of ether oxygens (including phenoxy) is 3. The molecule has 2 aliphatic rings.